The third-order valence-corrected chi connectivity index (χ3v) is 31.2. The molecule has 11 nitrogen and oxygen atoms in total. The van der Waals surface area contributed by atoms with E-state index in [1.54, 1.807) is 0 Å². The Labute approximate surface area is 415 Å². The Hall–Kier alpha value is -1.73. The third kappa shape index (κ3) is 15.6. The Balaban J connectivity index is 2.16. The van der Waals surface area contributed by atoms with Gasteiger partial charge >= 0.3 is 12.1 Å². The highest BCUT2D eigenvalue weighted by molar-refractivity contribution is 7.09. The van der Waals surface area contributed by atoms with Gasteiger partial charge in [-0.05, 0) is 119 Å². The topological polar surface area (TPSA) is 125 Å². The van der Waals surface area contributed by atoms with Gasteiger partial charge in [-0.3, -0.25) is 14.5 Å². The lowest BCUT2D eigenvalue weighted by molar-refractivity contribution is -0.153. The van der Waals surface area contributed by atoms with Crippen molar-refractivity contribution in [3.63, 3.8) is 0 Å². The molecule has 2 saturated heterocycles. The Kier molecular flexibility index (Phi) is 21.5. The van der Waals surface area contributed by atoms with Gasteiger partial charge in [0.1, 0.15) is 22.5 Å². The number of rotatable bonds is 18. The number of ketones is 1. The first-order chi connectivity index (χ1) is 30.9. The van der Waals surface area contributed by atoms with Gasteiger partial charge in [-0.2, -0.15) is 0 Å². The lowest BCUT2D eigenvalue weighted by atomic mass is 9.73. The van der Waals surface area contributed by atoms with Crippen LogP contribution in [0.5, 0.6) is 0 Å². The first-order valence-corrected chi connectivity index (χ1v) is 34.9. The molecule has 3 heterocycles. The lowest BCUT2D eigenvalue weighted by Crippen LogP contribution is -2.53. The second kappa shape index (κ2) is 24.1. The number of thiazole rings is 1. The van der Waals surface area contributed by atoms with E-state index in [-0.39, 0.29) is 59.3 Å². The van der Waals surface area contributed by atoms with E-state index in [1.807, 2.05) is 53.0 Å². The Morgan fingerprint density at radius 3 is 2.04 bits per heavy atom. The number of nitrogens with one attached hydrogen (secondary N) is 1. The van der Waals surface area contributed by atoms with Crippen molar-refractivity contribution in [3.05, 3.63) is 21.7 Å². The molecule has 3 rings (SSSR count). The number of hydrogen-bond donors (Lipinski definition) is 1. The molecule has 15 heteroatoms. The van der Waals surface area contributed by atoms with Crippen LogP contribution in [0.3, 0.4) is 0 Å². The minimum Gasteiger partial charge on any atom is -0.458 e. The van der Waals surface area contributed by atoms with E-state index in [2.05, 4.69) is 106 Å². The van der Waals surface area contributed by atoms with Crippen LogP contribution in [-0.4, -0.2) is 101 Å². The summed E-state index contributed by atoms with van der Waals surface area (Å²) >= 11 is 1.46. The molecule has 1 aromatic heterocycles. The zero-order chi connectivity index (χ0) is 51.0. The number of carbonyl (C=O) groups is 3. The molecule has 0 saturated carbocycles. The Bertz CT molecular complexity index is 1780. The molecule has 2 fully saturated rings. The van der Waals surface area contributed by atoms with E-state index in [0.29, 0.717) is 13.0 Å². The van der Waals surface area contributed by atoms with Crippen LogP contribution in [-0.2, 0) is 38.9 Å². The zero-order valence-electron chi connectivity index (χ0n) is 46.1. The predicted molar refractivity (Wildman–Crippen MR) is 285 cm³/mol. The third-order valence-electron chi connectivity index (χ3n) is 16.5. The van der Waals surface area contributed by atoms with Crippen LogP contribution in [0.2, 0.25) is 54.4 Å². The predicted octanol–water partition coefficient (Wildman–Crippen LogP) is 13.6. The maximum Gasteiger partial charge on any atom is 0.408 e. The van der Waals surface area contributed by atoms with Crippen molar-refractivity contribution in [2.24, 2.45) is 17.3 Å². The molecule has 0 aromatic carbocycles. The van der Waals surface area contributed by atoms with Gasteiger partial charge in [0.05, 0.1) is 30.9 Å². The van der Waals surface area contributed by atoms with Gasteiger partial charge < -0.3 is 28.1 Å². The standard InChI is InChI=1S/C52H97N3O8SSi3/c1-21-66(22-2,23-3)62-43-34-45(56)60-41(38(8)32-40-36-64-44(54-40)35-53-48(58)61-49(10,11)12)33-42-52(18,55(42)30-31-59-65(19,20)50(13,14)15)29-27-28-37(7)46(39(9)47(57)51(43,16)17)63-67(24-4,25-5)26-6/h32,36-37,39,41-43,46H,21-31,33-35H2,1-20H3,(H,53,58)/b38-32+/t37-,39+,41?,42-,43-,46-,52+,55?/m0/s1. The quantitative estimate of drug-likeness (QED) is 0.0863. The molecule has 2 aliphatic heterocycles. The molecule has 2 unspecified atom stereocenters. The Morgan fingerprint density at radius 2 is 1.51 bits per heavy atom. The first kappa shape index (κ1) is 59.6. The number of carbonyl (C=O) groups excluding carboxylic acids is 3. The molecule has 1 amide bonds. The fourth-order valence-corrected chi connectivity index (χ4v) is 17.8. The summed E-state index contributed by atoms with van der Waals surface area (Å²) in [4.78, 5) is 49.9. The number of aromatic nitrogens is 1. The smallest absolute Gasteiger partial charge is 0.408 e. The summed E-state index contributed by atoms with van der Waals surface area (Å²) in [6, 6.07) is 5.88. The molecule has 2 aliphatic rings. The van der Waals surface area contributed by atoms with Crippen LogP contribution in [0.15, 0.2) is 11.0 Å². The summed E-state index contributed by atoms with van der Waals surface area (Å²) < 4.78 is 33.6. The summed E-state index contributed by atoms with van der Waals surface area (Å²) in [5.74, 6) is -0.482. The number of esters is 1. The van der Waals surface area contributed by atoms with Crippen LogP contribution in [0.25, 0.3) is 6.08 Å². The van der Waals surface area contributed by atoms with Gasteiger partial charge in [-0.15, -0.1) is 11.3 Å². The maximum absolute atomic E-state index is 15.3. The van der Waals surface area contributed by atoms with Gasteiger partial charge in [0, 0.05) is 47.9 Å². The van der Waals surface area contributed by atoms with Crippen molar-refractivity contribution in [1.82, 2.24) is 15.2 Å². The Morgan fingerprint density at radius 1 is 0.940 bits per heavy atom. The van der Waals surface area contributed by atoms with Crippen molar-refractivity contribution in [2.45, 2.75) is 253 Å². The SMILES string of the molecule is CC[Si](CC)(CC)O[C@H]1[C@@H](C)CCC[C@]2(C)[C@H](CC(/C(C)=C/c3csc(CNC(=O)OC(C)(C)C)n3)OC(=O)C[C@H](O[Si](CC)(CC)CC)C(C)(C)C(=O)[C@@H]1C)N2CCO[Si](C)(C)C(C)(C)C. The van der Waals surface area contributed by atoms with Gasteiger partial charge in [0.15, 0.2) is 25.0 Å². The van der Waals surface area contributed by atoms with E-state index < -0.39 is 54.3 Å². The van der Waals surface area contributed by atoms with Crippen LogP contribution >= 0.6 is 11.3 Å². The number of fused-ring (bicyclic) bond motifs is 1. The lowest BCUT2D eigenvalue weighted by Gasteiger charge is -2.44. The highest BCUT2D eigenvalue weighted by Gasteiger charge is 2.59. The first-order valence-electron chi connectivity index (χ1n) is 26.0. The molecule has 0 radical (unpaired) electrons. The van der Waals surface area contributed by atoms with Crippen molar-refractivity contribution in [1.29, 1.82) is 0 Å². The molecule has 67 heavy (non-hydrogen) atoms. The van der Waals surface area contributed by atoms with Gasteiger partial charge in [0.2, 0.25) is 0 Å². The minimum atomic E-state index is -2.31. The summed E-state index contributed by atoms with van der Waals surface area (Å²) in [5, 5.41) is 5.63. The van der Waals surface area contributed by atoms with E-state index in [4.69, 9.17) is 27.7 Å². The van der Waals surface area contributed by atoms with E-state index >= 15 is 4.79 Å². The zero-order valence-corrected chi connectivity index (χ0v) is 49.9. The molecular weight excluding hydrogens is 911 g/mol. The minimum absolute atomic E-state index is 0.0220. The molecule has 0 spiro atoms. The average Bonchev–Trinajstić information content (AvgIpc) is 3.51. The summed E-state index contributed by atoms with van der Waals surface area (Å²) in [5.41, 5.74) is -0.0822. The number of cyclic esters (lactones) is 1. The number of alkyl carbamates (subject to hydrolysis) is 1. The highest BCUT2D eigenvalue weighted by Crippen LogP contribution is 2.49. The van der Waals surface area contributed by atoms with Crippen molar-refractivity contribution in [3.8, 4) is 0 Å². The van der Waals surface area contributed by atoms with Crippen LogP contribution in [0.4, 0.5) is 4.79 Å². The monoisotopic (exact) mass is 1010 g/mol. The number of amides is 1. The molecule has 386 valence electrons. The van der Waals surface area contributed by atoms with Gasteiger partial charge in [-0.25, -0.2) is 9.78 Å². The van der Waals surface area contributed by atoms with Crippen LogP contribution in [0, 0.1) is 17.3 Å². The molecule has 0 aliphatic carbocycles. The normalized spacial score (nSPS) is 27.6. The van der Waals surface area contributed by atoms with E-state index in [0.717, 1.165) is 78.3 Å². The molecule has 1 N–H and O–H groups in total. The number of nitrogens with zero attached hydrogens (tertiary/aromatic N) is 2. The summed E-state index contributed by atoms with van der Waals surface area (Å²) in [7, 11) is -6.40. The molecule has 8 atom stereocenters. The van der Waals surface area contributed by atoms with Crippen LogP contribution in [0.1, 0.15) is 167 Å². The van der Waals surface area contributed by atoms with Gasteiger partial charge in [0.25, 0.3) is 0 Å². The fourth-order valence-electron chi connectivity index (χ4n) is 10.0. The van der Waals surface area contributed by atoms with Crippen molar-refractivity contribution < 1.29 is 37.1 Å². The summed E-state index contributed by atoms with van der Waals surface area (Å²) in [6.45, 7) is 44.8. The van der Waals surface area contributed by atoms with Gasteiger partial charge in [-0.1, -0.05) is 96.4 Å². The second-order valence-corrected chi connectivity index (χ2v) is 38.6. The van der Waals surface area contributed by atoms with E-state index in [9.17, 15) is 9.59 Å². The second-order valence-electron chi connectivity index (χ2n) is 23.4. The number of hydrogen-bond acceptors (Lipinski definition) is 11. The largest absolute Gasteiger partial charge is 0.458 e. The average molecular weight is 1010 g/mol. The van der Waals surface area contributed by atoms with Crippen molar-refractivity contribution in [2.75, 3.05) is 13.2 Å². The van der Waals surface area contributed by atoms with E-state index in [1.165, 1.54) is 11.3 Å². The fraction of sp³-hybridized carbons (Fsp3) is 0.846. The maximum atomic E-state index is 15.3. The molecule has 0 bridgehead atoms. The van der Waals surface area contributed by atoms with Crippen LogP contribution < -0.4 is 5.32 Å². The van der Waals surface area contributed by atoms with Crippen molar-refractivity contribution >= 4 is 60.2 Å². The number of ether oxygens (including phenoxy) is 2. The molecular formula is C52H97N3O8SSi3. The highest BCUT2D eigenvalue weighted by atomic mass is 32.1. The number of Topliss-reactive ketones (excluding diaryl/α,β-unsaturated/α-hetero) is 1. The molecule has 1 aromatic rings. The summed E-state index contributed by atoms with van der Waals surface area (Å²) in [6.07, 6.45) is 3.59.